The van der Waals surface area contributed by atoms with Crippen molar-refractivity contribution in [3.63, 3.8) is 0 Å². The van der Waals surface area contributed by atoms with Gasteiger partial charge in [-0.3, -0.25) is 24.3 Å². The van der Waals surface area contributed by atoms with Gasteiger partial charge in [0.25, 0.3) is 11.2 Å². The molecule has 0 aliphatic carbocycles. The van der Waals surface area contributed by atoms with Crippen LogP contribution in [-0.4, -0.2) is 26.4 Å². The normalized spacial score (nSPS) is 10.7. The molecule has 0 spiro atoms. The van der Waals surface area contributed by atoms with Gasteiger partial charge in [-0.25, -0.2) is 9.78 Å². The molecule has 2 heterocycles. The molecule has 2 aromatic heterocycles. The van der Waals surface area contributed by atoms with Crippen molar-refractivity contribution >= 4 is 44.8 Å². The van der Waals surface area contributed by atoms with Gasteiger partial charge >= 0.3 is 5.97 Å². The van der Waals surface area contributed by atoms with E-state index in [0.717, 1.165) is 21.5 Å². The molecule has 4 aromatic rings. The number of amides is 1. The molecule has 2 aromatic carbocycles. The van der Waals surface area contributed by atoms with Gasteiger partial charge in [0.1, 0.15) is 22.9 Å². The first-order valence-corrected chi connectivity index (χ1v) is 10.9. The highest BCUT2D eigenvalue weighted by Gasteiger charge is 2.21. The molecule has 11 heteroatoms. The molecule has 1 amide bonds. The second kappa shape index (κ2) is 9.63. The average molecular weight is 478 g/mol. The summed E-state index contributed by atoms with van der Waals surface area (Å²) >= 11 is 1.06. The quantitative estimate of drug-likeness (QED) is 0.243. The van der Waals surface area contributed by atoms with Crippen LogP contribution in [0.2, 0.25) is 0 Å². The van der Waals surface area contributed by atoms with Crippen LogP contribution in [0.25, 0.3) is 10.2 Å². The lowest BCUT2D eigenvalue weighted by molar-refractivity contribution is -0.384. The number of carbonyl (C=O) groups is 2. The van der Waals surface area contributed by atoms with Gasteiger partial charge in [-0.1, -0.05) is 30.3 Å². The third kappa shape index (κ3) is 4.84. The number of non-ortho nitro benzene ring substituents is 1. The fourth-order valence-electron chi connectivity index (χ4n) is 3.28. The number of aromatic nitrogens is 2. The summed E-state index contributed by atoms with van der Waals surface area (Å²) in [5.41, 5.74) is 1.08. The molecule has 0 fully saturated rings. The van der Waals surface area contributed by atoms with Crippen molar-refractivity contribution in [2.24, 2.45) is 0 Å². The van der Waals surface area contributed by atoms with E-state index in [1.54, 1.807) is 6.92 Å². The van der Waals surface area contributed by atoms with Crippen molar-refractivity contribution in [1.29, 1.82) is 0 Å². The van der Waals surface area contributed by atoms with Crippen molar-refractivity contribution in [2.75, 3.05) is 5.32 Å². The SMILES string of the molecule is Cc1c(C(=O)OCc2ccccc2)sc2ncn(CC(=O)Nc3ccc([N+](=O)[O-])cc3)c(=O)c12. The molecule has 0 unspecified atom stereocenters. The minimum Gasteiger partial charge on any atom is -0.457 e. The van der Waals surface area contributed by atoms with Crippen LogP contribution in [0.15, 0.2) is 65.7 Å². The number of thiophene rings is 1. The number of rotatable bonds is 7. The van der Waals surface area contributed by atoms with E-state index in [4.69, 9.17) is 4.74 Å². The summed E-state index contributed by atoms with van der Waals surface area (Å²) in [6.07, 6.45) is 1.25. The molecule has 0 atom stereocenters. The van der Waals surface area contributed by atoms with Gasteiger partial charge in [-0.15, -0.1) is 11.3 Å². The Balaban J connectivity index is 1.50. The van der Waals surface area contributed by atoms with E-state index in [1.807, 2.05) is 30.3 Å². The summed E-state index contributed by atoms with van der Waals surface area (Å²) in [4.78, 5) is 53.1. The van der Waals surface area contributed by atoms with Crippen LogP contribution in [-0.2, 0) is 22.7 Å². The maximum Gasteiger partial charge on any atom is 0.349 e. The topological polar surface area (TPSA) is 133 Å². The van der Waals surface area contributed by atoms with Crippen LogP contribution < -0.4 is 10.9 Å². The van der Waals surface area contributed by atoms with Crippen molar-refractivity contribution in [3.05, 3.63) is 97.4 Å². The lowest BCUT2D eigenvalue weighted by atomic mass is 10.2. The van der Waals surface area contributed by atoms with Gasteiger partial charge in [0, 0.05) is 17.8 Å². The summed E-state index contributed by atoms with van der Waals surface area (Å²) < 4.78 is 6.52. The van der Waals surface area contributed by atoms with E-state index in [1.165, 1.54) is 30.6 Å². The molecule has 0 bridgehead atoms. The Kier molecular flexibility index (Phi) is 6.46. The minimum absolute atomic E-state index is 0.102. The number of anilines is 1. The Morgan fingerprint density at radius 1 is 1.15 bits per heavy atom. The third-order valence-electron chi connectivity index (χ3n) is 4.99. The molecule has 0 aliphatic rings. The number of nitro benzene ring substituents is 1. The predicted molar refractivity (Wildman–Crippen MR) is 126 cm³/mol. The second-order valence-corrected chi connectivity index (χ2v) is 8.33. The molecule has 4 rings (SSSR count). The van der Waals surface area contributed by atoms with Crippen LogP contribution >= 0.6 is 11.3 Å². The summed E-state index contributed by atoms with van der Waals surface area (Å²) in [7, 11) is 0. The lowest BCUT2D eigenvalue weighted by Crippen LogP contribution is -2.27. The number of fused-ring (bicyclic) bond motifs is 1. The van der Waals surface area contributed by atoms with Gasteiger partial charge in [-0.2, -0.15) is 0 Å². The first-order chi connectivity index (χ1) is 16.3. The van der Waals surface area contributed by atoms with Gasteiger partial charge in [0.05, 0.1) is 16.6 Å². The van der Waals surface area contributed by atoms with Gasteiger partial charge in [0.2, 0.25) is 5.91 Å². The average Bonchev–Trinajstić information content (AvgIpc) is 3.17. The number of nitro groups is 1. The molecule has 10 nitrogen and oxygen atoms in total. The number of nitrogens with one attached hydrogen (secondary N) is 1. The second-order valence-electron chi connectivity index (χ2n) is 7.33. The Hall–Kier alpha value is -4.38. The summed E-state index contributed by atoms with van der Waals surface area (Å²) in [5.74, 6) is -1.06. The standard InChI is InChI=1S/C23H18N4O6S/c1-14-19-21(34-20(14)23(30)33-12-15-5-3-2-4-6-15)24-13-26(22(19)29)11-18(28)25-16-7-9-17(10-8-16)27(31)32/h2-10,13H,11-12H2,1H3,(H,25,28). The van der Waals surface area contributed by atoms with Crippen molar-refractivity contribution < 1.29 is 19.2 Å². The minimum atomic E-state index is -0.550. The van der Waals surface area contributed by atoms with Crippen molar-refractivity contribution in [2.45, 2.75) is 20.1 Å². The van der Waals surface area contributed by atoms with E-state index < -0.39 is 22.4 Å². The van der Waals surface area contributed by atoms with Crippen LogP contribution in [0.4, 0.5) is 11.4 Å². The molecule has 0 saturated carbocycles. The molecule has 0 radical (unpaired) electrons. The first-order valence-electron chi connectivity index (χ1n) is 10.1. The van der Waals surface area contributed by atoms with E-state index >= 15 is 0 Å². The maximum atomic E-state index is 13.0. The first kappa shape index (κ1) is 22.8. The fourth-order valence-corrected chi connectivity index (χ4v) is 4.31. The Bertz CT molecular complexity index is 1440. The third-order valence-corrected chi connectivity index (χ3v) is 6.17. The number of carbonyl (C=O) groups excluding carboxylic acids is 2. The lowest BCUT2D eigenvalue weighted by Gasteiger charge is -2.07. The van der Waals surface area contributed by atoms with Crippen LogP contribution in [0.3, 0.4) is 0 Å². The zero-order valence-electron chi connectivity index (χ0n) is 17.9. The number of aryl methyl sites for hydroxylation is 1. The highest BCUT2D eigenvalue weighted by atomic mass is 32.1. The largest absolute Gasteiger partial charge is 0.457 e. The Morgan fingerprint density at radius 2 is 1.85 bits per heavy atom. The molecule has 172 valence electrons. The van der Waals surface area contributed by atoms with Gasteiger partial charge < -0.3 is 10.1 Å². The maximum absolute atomic E-state index is 13.0. The molecule has 1 N–H and O–H groups in total. The zero-order valence-corrected chi connectivity index (χ0v) is 18.7. The number of hydrogen-bond acceptors (Lipinski definition) is 8. The number of hydrogen-bond donors (Lipinski definition) is 1. The number of nitrogens with zero attached hydrogens (tertiary/aromatic N) is 3. The highest BCUT2D eigenvalue weighted by molar-refractivity contribution is 7.20. The Labute approximate surface area is 196 Å². The molecule has 0 saturated heterocycles. The van der Waals surface area contributed by atoms with Crippen LogP contribution in [0, 0.1) is 17.0 Å². The fraction of sp³-hybridized carbons (Fsp3) is 0.130. The molecular formula is C23H18N4O6S. The Morgan fingerprint density at radius 3 is 2.53 bits per heavy atom. The zero-order chi connectivity index (χ0) is 24.2. The van der Waals surface area contributed by atoms with Crippen LogP contribution in [0.1, 0.15) is 20.8 Å². The highest BCUT2D eigenvalue weighted by Crippen LogP contribution is 2.27. The van der Waals surface area contributed by atoms with E-state index in [-0.39, 0.29) is 29.1 Å². The van der Waals surface area contributed by atoms with E-state index in [0.29, 0.717) is 16.1 Å². The molecular weight excluding hydrogens is 460 g/mol. The monoisotopic (exact) mass is 478 g/mol. The summed E-state index contributed by atoms with van der Waals surface area (Å²) in [6.45, 7) is 1.43. The smallest absolute Gasteiger partial charge is 0.349 e. The van der Waals surface area contributed by atoms with Crippen LogP contribution in [0.5, 0.6) is 0 Å². The number of benzene rings is 2. The number of ether oxygens (including phenoxy) is 1. The predicted octanol–water partition coefficient (Wildman–Crippen LogP) is 3.67. The summed E-state index contributed by atoms with van der Waals surface area (Å²) in [5, 5.41) is 13.6. The van der Waals surface area contributed by atoms with E-state index in [9.17, 15) is 24.5 Å². The van der Waals surface area contributed by atoms with Gasteiger partial charge in [0.15, 0.2) is 0 Å². The van der Waals surface area contributed by atoms with Crippen molar-refractivity contribution in [1.82, 2.24) is 9.55 Å². The molecule has 0 aliphatic heterocycles. The van der Waals surface area contributed by atoms with E-state index in [2.05, 4.69) is 10.3 Å². The van der Waals surface area contributed by atoms with Gasteiger partial charge in [-0.05, 0) is 30.2 Å². The number of esters is 1. The molecule has 34 heavy (non-hydrogen) atoms. The summed E-state index contributed by atoms with van der Waals surface area (Å²) in [6, 6.07) is 14.6. The van der Waals surface area contributed by atoms with Crippen molar-refractivity contribution in [3.8, 4) is 0 Å².